The second-order valence-corrected chi connectivity index (χ2v) is 6.01. The Balaban J connectivity index is 1.71. The molecule has 0 heterocycles. The average molecular weight is 325 g/mol. The Morgan fingerprint density at radius 3 is 1.80 bits per heavy atom. The maximum absolute atomic E-state index is 12.7. The van der Waals surface area contributed by atoms with Crippen molar-refractivity contribution in [1.82, 2.24) is 0 Å². The van der Waals surface area contributed by atoms with Crippen molar-refractivity contribution in [2.24, 2.45) is 0 Å². The lowest BCUT2D eigenvalue weighted by Gasteiger charge is -2.17. The predicted molar refractivity (Wildman–Crippen MR) is 99.5 cm³/mol. The van der Waals surface area contributed by atoms with Crippen molar-refractivity contribution in [3.8, 4) is 0 Å². The monoisotopic (exact) mass is 325 g/mol. The molecule has 0 bridgehead atoms. The van der Waals surface area contributed by atoms with Crippen molar-refractivity contribution >= 4 is 29.4 Å². The minimum atomic E-state index is -0.104. The number of fused-ring (bicyclic) bond motifs is 2. The van der Waals surface area contributed by atoms with E-state index in [4.69, 9.17) is 5.73 Å². The molecule has 3 nitrogen and oxygen atoms in total. The molecule has 3 aromatic carbocycles. The van der Waals surface area contributed by atoms with Gasteiger partial charge >= 0.3 is 0 Å². The first-order valence-electron chi connectivity index (χ1n) is 7.99. The third-order valence-corrected chi connectivity index (χ3v) is 4.35. The number of ketones is 2. The highest BCUT2D eigenvalue weighted by Crippen LogP contribution is 2.28. The normalized spacial score (nSPS) is 13.0. The number of hydrogen-bond donors (Lipinski definition) is 1. The number of nitrogen functional groups attached to an aromatic ring is 1. The van der Waals surface area contributed by atoms with Crippen molar-refractivity contribution in [2.75, 3.05) is 5.73 Å². The topological polar surface area (TPSA) is 60.2 Å². The molecule has 0 unspecified atom stereocenters. The van der Waals surface area contributed by atoms with Gasteiger partial charge in [0.05, 0.1) is 0 Å². The number of anilines is 1. The van der Waals surface area contributed by atoms with Gasteiger partial charge in [0.2, 0.25) is 0 Å². The molecule has 0 spiro atoms. The van der Waals surface area contributed by atoms with Crippen LogP contribution in [0.1, 0.15) is 43.0 Å². The van der Waals surface area contributed by atoms with Gasteiger partial charge in [-0.25, -0.2) is 0 Å². The Kier molecular flexibility index (Phi) is 3.55. The lowest BCUT2D eigenvalue weighted by molar-refractivity contribution is 0.0979. The van der Waals surface area contributed by atoms with Crippen molar-refractivity contribution in [2.45, 2.75) is 0 Å². The maximum atomic E-state index is 12.7. The zero-order valence-electron chi connectivity index (χ0n) is 13.4. The van der Waals surface area contributed by atoms with Gasteiger partial charge in [-0.1, -0.05) is 54.6 Å². The lowest BCUT2D eigenvalue weighted by Crippen LogP contribution is -2.20. The van der Waals surface area contributed by atoms with Crippen LogP contribution >= 0.6 is 0 Å². The molecule has 0 saturated heterocycles. The largest absolute Gasteiger partial charge is 0.399 e. The van der Waals surface area contributed by atoms with Gasteiger partial charge in [0.25, 0.3) is 0 Å². The summed E-state index contributed by atoms with van der Waals surface area (Å²) in [6, 6.07) is 19.8. The van der Waals surface area contributed by atoms with E-state index in [0.717, 1.165) is 11.1 Å². The minimum absolute atomic E-state index is 0.0979. The van der Waals surface area contributed by atoms with Gasteiger partial charge in [-0.3, -0.25) is 9.59 Å². The van der Waals surface area contributed by atoms with Crippen LogP contribution in [0.15, 0.2) is 66.7 Å². The van der Waals surface area contributed by atoms with Crippen LogP contribution in [0.2, 0.25) is 0 Å². The highest BCUT2D eigenvalue weighted by Gasteiger charge is 2.28. The highest BCUT2D eigenvalue weighted by atomic mass is 16.1. The molecule has 2 N–H and O–H groups in total. The average Bonchev–Trinajstić information content (AvgIpc) is 2.65. The van der Waals surface area contributed by atoms with Gasteiger partial charge in [-0.2, -0.15) is 0 Å². The summed E-state index contributed by atoms with van der Waals surface area (Å²) in [7, 11) is 0. The Morgan fingerprint density at radius 1 is 0.600 bits per heavy atom. The molecule has 0 aromatic heterocycles. The standard InChI is InChI=1S/C22H15NO2/c23-16-10-7-14(8-11-16)5-6-15-9-12-19-20(13-15)22(25)18-4-2-1-3-17(18)21(19)24/h1-13H,23H2. The number of nitrogens with two attached hydrogens (primary N) is 1. The second-order valence-electron chi connectivity index (χ2n) is 6.01. The zero-order chi connectivity index (χ0) is 17.4. The predicted octanol–water partition coefficient (Wildman–Crippen LogP) is 4.21. The molecule has 0 amide bonds. The summed E-state index contributed by atoms with van der Waals surface area (Å²) >= 11 is 0. The first kappa shape index (κ1) is 15.1. The van der Waals surface area contributed by atoms with E-state index in [0.29, 0.717) is 27.9 Å². The summed E-state index contributed by atoms with van der Waals surface area (Å²) < 4.78 is 0. The molecule has 1 aliphatic rings. The molecular weight excluding hydrogens is 310 g/mol. The van der Waals surface area contributed by atoms with Crippen LogP contribution in [-0.4, -0.2) is 11.6 Å². The van der Waals surface area contributed by atoms with Gasteiger partial charge in [0, 0.05) is 27.9 Å². The van der Waals surface area contributed by atoms with Crippen molar-refractivity contribution < 1.29 is 9.59 Å². The number of benzene rings is 3. The van der Waals surface area contributed by atoms with Crippen LogP contribution in [0, 0.1) is 0 Å². The Morgan fingerprint density at radius 2 is 1.12 bits per heavy atom. The van der Waals surface area contributed by atoms with Gasteiger partial charge in [0.1, 0.15) is 0 Å². The Labute approximate surface area is 145 Å². The van der Waals surface area contributed by atoms with Gasteiger partial charge in [0.15, 0.2) is 11.6 Å². The Bertz CT molecular complexity index is 1030. The molecule has 25 heavy (non-hydrogen) atoms. The van der Waals surface area contributed by atoms with E-state index >= 15 is 0 Å². The molecule has 0 aliphatic heterocycles. The van der Waals surface area contributed by atoms with E-state index in [1.807, 2.05) is 42.5 Å². The third kappa shape index (κ3) is 2.66. The van der Waals surface area contributed by atoms with Crippen LogP contribution in [-0.2, 0) is 0 Å². The fourth-order valence-corrected chi connectivity index (χ4v) is 3.02. The van der Waals surface area contributed by atoms with Crippen LogP contribution in [0.5, 0.6) is 0 Å². The van der Waals surface area contributed by atoms with E-state index < -0.39 is 0 Å². The lowest BCUT2D eigenvalue weighted by atomic mass is 9.83. The second kappa shape index (κ2) is 5.87. The van der Waals surface area contributed by atoms with E-state index in [1.165, 1.54) is 0 Å². The summed E-state index contributed by atoms with van der Waals surface area (Å²) in [6.07, 6.45) is 3.87. The number of hydrogen-bond acceptors (Lipinski definition) is 3. The van der Waals surface area contributed by atoms with Crippen LogP contribution in [0.3, 0.4) is 0 Å². The molecule has 0 saturated carbocycles. The molecule has 3 aromatic rings. The summed E-state index contributed by atoms with van der Waals surface area (Å²) in [4.78, 5) is 25.3. The molecule has 1 aliphatic carbocycles. The first-order chi connectivity index (χ1) is 12.1. The molecule has 3 heteroatoms. The summed E-state index contributed by atoms with van der Waals surface area (Å²) in [5.74, 6) is -0.202. The fraction of sp³-hybridized carbons (Fsp3) is 0. The van der Waals surface area contributed by atoms with Crippen molar-refractivity contribution in [3.63, 3.8) is 0 Å². The van der Waals surface area contributed by atoms with Crippen LogP contribution < -0.4 is 5.73 Å². The highest BCUT2D eigenvalue weighted by molar-refractivity contribution is 6.28. The van der Waals surface area contributed by atoms with Crippen molar-refractivity contribution in [3.05, 3.63) is 100 Å². The first-order valence-corrected chi connectivity index (χ1v) is 7.99. The molecule has 4 rings (SSSR count). The number of carbonyl (C=O) groups excluding carboxylic acids is 2. The van der Waals surface area contributed by atoms with E-state index in [-0.39, 0.29) is 11.6 Å². The van der Waals surface area contributed by atoms with Gasteiger partial charge < -0.3 is 5.73 Å². The maximum Gasteiger partial charge on any atom is 0.194 e. The summed E-state index contributed by atoms with van der Waals surface area (Å²) in [5.41, 5.74) is 10.2. The number of carbonyl (C=O) groups is 2. The SMILES string of the molecule is Nc1ccc(C=Cc2ccc3c(c2)C(=O)c2ccccc2C3=O)cc1. The summed E-state index contributed by atoms with van der Waals surface area (Å²) in [6.45, 7) is 0. The van der Waals surface area contributed by atoms with E-state index in [9.17, 15) is 9.59 Å². The third-order valence-electron chi connectivity index (χ3n) is 4.35. The quantitative estimate of drug-likeness (QED) is 0.443. The van der Waals surface area contributed by atoms with Crippen LogP contribution in [0.4, 0.5) is 5.69 Å². The molecule has 0 fully saturated rings. The van der Waals surface area contributed by atoms with Crippen molar-refractivity contribution in [1.29, 1.82) is 0 Å². The van der Waals surface area contributed by atoms with E-state index in [1.54, 1.807) is 36.4 Å². The molecular formula is C22H15NO2. The fourth-order valence-electron chi connectivity index (χ4n) is 3.02. The van der Waals surface area contributed by atoms with E-state index in [2.05, 4.69) is 0 Å². The van der Waals surface area contributed by atoms with Crippen LogP contribution in [0.25, 0.3) is 12.2 Å². The molecule has 0 atom stereocenters. The Hall–Kier alpha value is -3.46. The molecule has 0 radical (unpaired) electrons. The molecule has 120 valence electrons. The summed E-state index contributed by atoms with van der Waals surface area (Å²) in [5, 5.41) is 0. The zero-order valence-corrected chi connectivity index (χ0v) is 13.4. The van der Waals surface area contributed by atoms with Gasteiger partial charge in [-0.05, 0) is 35.4 Å². The smallest absolute Gasteiger partial charge is 0.194 e. The minimum Gasteiger partial charge on any atom is -0.399 e. The van der Waals surface area contributed by atoms with Gasteiger partial charge in [-0.15, -0.1) is 0 Å². The number of rotatable bonds is 2.